The molecule has 0 N–H and O–H groups in total. The van der Waals surface area contributed by atoms with Crippen LogP contribution in [0.15, 0.2) is 78.9 Å². The first-order chi connectivity index (χ1) is 14.2. The van der Waals surface area contributed by atoms with Gasteiger partial charge < -0.3 is 14.2 Å². The van der Waals surface area contributed by atoms with Gasteiger partial charge >= 0.3 is 0 Å². The summed E-state index contributed by atoms with van der Waals surface area (Å²) in [6.45, 7) is 2.73. The molecule has 0 aliphatic rings. The summed E-state index contributed by atoms with van der Waals surface area (Å²) >= 11 is 0. The van der Waals surface area contributed by atoms with Crippen molar-refractivity contribution >= 4 is 11.9 Å². The lowest BCUT2D eigenvalue weighted by Crippen LogP contribution is -2.09. The predicted molar refractivity (Wildman–Crippen MR) is 115 cm³/mol. The minimum absolute atomic E-state index is 0.00561. The van der Waals surface area contributed by atoms with Gasteiger partial charge in [-0.3, -0.25) is 4.79 Å². The minimum Gasteiger partial charge on any atom is -0.493 e. The van der Waals surface area contributed by atoms with Crippen molar-refractivity contribution in [2.45, 2.75) is 6.92 Å². The molecule has 4 heteroatoms. The van der Waals surface area contributed by atoms with E-state index >= 15 is 0 Å². The molecule has 0 saturated heterocycles. The number of carbonyl (C=O) groups is 1. The Morgan fingerprint density at radius 3 is 2.21 bits per heavy atom. The van der Waals surface area contributed by atoms with Crippen molar-refractivity contribution in [1.82, 2.24) is 0 Å². The number of methoxy groups -OCH3 is 1. The van der Waals surface area contributed by atoms with E-state index in [0.717, 1.165) is 5.56 Å². The van der Waals surface area contributed by atoms with E-state index in [1.165, 1.54) is 0 Å². The van der Waals surface area contributed by atoms with E-state index in [0.29, 0.717) is 41.6 Å². The van der Waals surface area contributed by atoms with Crippen molar-refractivity contribution in [3.8, 4) is 17.2 Å². The van der Waals surface area contributed by atoms with Crippen LogP contribution in [0.3, 0.4) is 0 Å². The van der Waals surface area contributed by atoms with Crippen molar-refractivity contribution in [2.75, 3.05) is 20.3 Å². The second-order valence-electron chi connectivity index (χ2n) is 6.33. The molecule has 0 heterocycles. The molecule has 3 rings (SSSR count). The number of ketones is 1. The molecule has 0 spiro atoms. The number of allylic oxidation sites excluding steroid dienone is 1. The first-order valence-corrected chi connectivity index (χ1v) is 9.47. The molecule has 3 aromatic rings. The number of hydrogen-bond donors (Lipinski definition) is 0. The molecule has 0 fully saturated rings. The van der Waals surface area contributed by atoms with E-state index in [4.69, 9.17) is 14.2 Å². The van der Waals surface area contributed by atoms with Crippen LogP contribution < -0.4 is 14.2 Å². The summed E-state index contributed by atoms with van der Waals surface area (Å²) in [5.74, 6) is 2.04. The number of carbonyl (C=O) groups excluding carboxylic acids is 1. The molecule has 0 aliphatic carbocycles. The summed E-state index contributed by atoms with van der Waals surface area (Å²) in [4.78, 5) is 12.4. The third-order valence-corrected chi connectivity index (χ3v) is 4.31. The van der Waals surface area contributed by atoms with Crippen LogP contribution in [0.4, 0.5) is 0 Å². The summed E-state index contributed by atoms with van der Waals surface area (Å²) in [6.07, 6.45) is 3.98. The van der Waals surface area contributed by atoms with Crippen molar-refractivity contribution in [2.24, 2.45) is 0 Å². The second kappa shape index (κ2) is 10.1. The SMILES string of the molecule is CC=Cc1ccc(OCCOc2ccc(C(=O)c3ccccc3)cc2)c(OC)c1. The average molecular weight is 388 g/mol. The van der Waals surface area contributed by atoms with Crippen molar-refractivity contribution in [3.63, 3.8) is 0 Å². The topological polar surface area (TPSA) is 44.8 Å². The molecular formula is C25H24O4. The van der Waals surface area contributed by atoms with Crippen LogP contribution in [0.25, 0.3) is 6.08 Å². The quantitative estimate of drug-likeness (QED) is 0.363. The maximum absolute atomic E-state index is 12.4. The van der Waals surface area contributed by atoms with Crippen LogP contribution in [0.2, 0.25) is 0 Å². The molecule has 0 radical (unpaired) electrons. The molecule has 0 bridgehead atoms. The van der Waals surface area contributed by atoms with Gasteiger partial charge in [-0.25, -0.2) is 0 Å². The van der Waals surface area contributed by atoms with Gasteiger partial charge in [0.05, 0.1) is 7.11 Å². The Morgan fingerprint density at radius 2 is 1.52 bits per heavy atom. The summed E-state index contributed by atoms with van der Waals surface area (Å²) in [6, 6.07) is 22.1. The Kier molecular flexibility index (Phi) is 7.06. The summed E-state index contributed by atoms with van der Waals surface area (Å²) in [7, 11) is 1.62. The average Bonchev–Trinajstić information content (AvgIpc) is 2.78. The van der Waals surface area contributed by atoms with Gasteiger partial charge in [-0.15, -0.1) is 0 Å². The van der Waals surface area contributed by atoms with Crippen molar-refractivity contribution in [1.29, 1.82) is 0 Å². The third-order valence-electron chi connectivity index (χ3n) is 4.31. The zero-order valence-electron chi connectivity index (χ0n) is 16.6. The van der Waals surface area contributed by atoms with Crippen LogP contribution in [0, 0.1) is 0 Å². The molecule has 0 unspecified atom stereocenters. The fourth-order valence-corrected chi connectivity index (χ4v) is 2.87. The normalized spacial score (nSPS) is 10.7. The van der Waals surface area contributed by atoms with Gasteiger partial charge in [0.1, 0.15) is 19.0 Å². The van der Waals surface area contributed by atoms with Gasteiger partial charge in [0, 0.05) is 11.1 Å². The number of benzene rings is 3. The molecule has 148 valence electrons. The number of ether oxygens (including phenoxy) is 3. The first kappa shape index (κ1) is 20.2. The van der Waals surface area contributed by atoms with Crippen LogP contribution in [0.1, 0.15) is 28.4 Å². The van der Waals surface area contributed by atoms with Gasteiger partial charge in [0.25, 0.3) is 0 Å². The predicted octanol–water partition coefficient (Wildman–Crippen LogP) is 5.42. The van der Waals surface area contributed by atoms with Gasteiger partial charge in [0.15, 0.2) is 17.3 Å². The van der Waals surface area contributed by atoms with Crippen LogP contribution >= 0.6 is 0 Å². The van der Waals surface area contributed by atoms with Crippen molar-refractivity contribution < 1.29 is 19.0 Å². The molecule has 0 amide bonds. The Balaban J connectivity index is 1.52. The number of hydrogen-bond acceptors (Lipinski definition) is 4. The standard InChI is InChI=1S/C25H24O4/c1-3-7-19-10-15-23(24(18-19)27-2)29-17-16-28-22-13-11-21(12-14-22)25(26)20-8-5-4-6-9-20/h3-15,18H,16-17H2,1-2H3. The Morgan fingerprint density at radius 1 is 0.828 bits per heavy atom. The van der Waals surface area contributed by atoms with E-state index in [-0.39, 0.29) is 5.78 Å². The van der Waals surface area contributed by atoms with Gasteiger partial charge in [0.2, 0.25) is 0 Å². The van der Waals surface area contributed by atoms with E-state index in [1.54, 1.807) is 31.4 Å². The summed E-state index contributed by atoms with van der Waals surface area (Å²) in [5.41, 5.74) is 2.35. The highest BCUT2D eigenvalue weighted by Crippen LogP contribution is 2.28. The Hall–Kier alpha value is -3.53. The largest absolute Gasteiger partial charge is 0.493 e. The van der Waals surface area contributed by atoms with E-state index in [1.807, 2.05) is 67.6 Å². The lowest BCUT2D eigenvalue weighted by atomic mass is 10.0. The smallest absolute Gasteiger partial charge is 0.193 e. The molecule has 29 heavy (non-hydrogen) atoms. The zero-order valence-corrected chi connectivity index (χ0v) is 16.6. The van der Waals surface area contributed by atoms with Gasteiger partial charge in [-0.2, -0.15) is 0 Å². The molecule has 3 aromatic carbocycles. The highest BCUT2D eigenvalue weighted by molar-refractivity contribution is 6.08. The second-order valence-corrected chi connectivity index (χ2v) is 6.33. The lowest BCUT2D eigenvalue weighted by Gasteiger charge is -2.12. The van der Waals surface area contributed by atoms with Crippen molar-refractivity contribution in [3.05, 3.63) is 95.6 Å². The van der Waals surface area contributed by atoms with E-state index in [9.17, 15) is 4.79 Å². The van der Waals surface area contributed by atoms with E-state index in [2.05, 4.69) is 0 Å². The minimum atomic E-state index is -0.00561. The molecule has 0 atom stereocenters. The maximum Gasteiger partial charge on any atom is 0.193 e. The Labute approximate surface area is 171 Å². The van der Waals surface area contributed by atoms with Gasteiger partial charge in [-0.05, 0) is 48.9 Å². The first-order valence-electron chi connectivity index (χ1n) is 9.47. The molecule has 4 nitrogen and oxygen atoms in total. The third kappa shape index (κ3) is 5.48. The highest BCUT2D eigenvalue weighted by Gasteiger charge is 2.09. The zero-order chi connectivity index (χ0) is 20.5. The lowest BCUT2D eigenvalue weighted by molar-refractivity contribution is 0.103. The van der Waals surface area contributed by atoms with Crippen LogP contribution in [0.5, 0.6) is 17.2 Å². The molecule has 0 aromatic heterocycles. The van der Waals surface area contributed by atoms with Crippen LogP contribution in [-0.4, -0.2) is 26.1 Å². The highest BCUT2D eigenvalue weighted by atomic mass is 16.5. The van der Waals surface area contributed by atoms with E-state index < -0.39 is 0 Å². The van der Waals surface area contributed by atoms with Gasteiger partial charge in [-0.1, -0.05) is 48.6 Å². The molecular weight excluding hydrogens is 364 g/mol. The molecule has 0 aliphatic heterocycles. The summed E-state index contributed by atoms with van der Waals surface area (Å²) < 4.78 is 16.9. The maximum atomic E-state index is 12.4. The number of rotatable bonds is 9. The molecule has 0 saturated carbocycles. The monoisotopic (exact) mass is 388 g/mol. The Bertz CT molecular complexity index is 960. The fraction of sp³-hybridized carbons (Fsp3) is 0.160. The van der Waals surface area contributed by atoms with Crippen LogP contribution in [-0.2, 0) is 0 Å². The fourth-order valence-electron chi connectivity index (χ4n) is 2.87. The summed E-state index contributed by atoms with van der Waals surface area (Å²) in [5, 5.41) is 0.